The number of benzene rings is 1. The van der Waals surface area contributed by atoms with Crippen LogP contribution in [0.5, 0.6) is 0 Å². The molecule has 2 N–H and O–H groups in total. The molecule has 0 saturated heterocycles. The molecular weight excluding hydrogens is 478 g/mol. The number of hydrogen-bond donors (Lipinski definition) is 1. The number of aromatic nitrogens is 2. The van der Waals surface area contributed by atoms with Crippen LogP contribution in [0.25, 0.3) is 11.1 Å². The minimum atomic E-state index is -3.71. The predicted molar refractivity (Wildman–Crippen MR) is 122 cm³/mol. The van der Waals surface area contributed by atoms with Gasteiger partial charge in [-0.3, -0.25) is 0 Å². The van der Waals surface area contributed by atoms with Gasteiger partial charge in [0.15, 0.2) is 22.3 Å². The van der Waals surface area contributed by atoms with Crippen molar-refractivity contribution in [3.05, 3.63) is 71.1 Å². The number of furan rings is 2. The molecule has 182 valence electrons. The van der Waals surface area contributed by atoms with Gasteiger partial charge in [0.1, 0.15) is 17.1 Å². The Morgan fingerprint density at radius 3 is 2.51 bits per heavy atom. The summed E-state index contributed by atoms with van der Waals surface area (Å²) in [5, 5.41) is 0.204. The molecule has 1 aromatic carbocycles. The Kier molecular flexibility index (Phi) is 6.56. The molecule has 0 spiro atoms. The highest BCUT2D eigenvalue weighted by Gasteiger charge is 2.26. The number of aryl methyl sites for hydroxylation is 1. The number of sulfone groups is 1. The van der Waals surface area contributed by atoms with Crippen molar-refractivity contribution in [1.29, 1.82) is 0 Å². The van der Waals surface area contributed by atoms with E-state index in [1.807, 2.05) is 0 Å². The second-order valence-electron chi connectivity index (χ2n) is 7.38. The van der Waals surface area contributed by atoms with Crippen molar-refractivity contribution in [2.24, 2.45) is 0 Å². The summed E-state index contributed by atoms with van der Waals surface area (Å²) in [6, 6.07) is 9.24. The van der Waals surface area contributed by atoms with E-state index in [9.17, 15) is 18.0 Å². The Morgan fingerprint density at radius 1 is 1.06 bits per heavy atom. The van der Waals surface area contributed by atoms with Gasteiger partial charge in [0.25, 0.3) is 0 Å². The van der Waals surface area contributed by atoms with Crippen molar-refractivity contribution in [2.45, 2.75) is 31.1 Å². The molecule has 4 rings (SSSR count). The van der Waals surface area contributed by atoms with Crippen molar-refractivity contribution in [3.63, 3.8) is 0 Å². The summed E-state index contributed by atoms with van der Waals surface area (Å²) in [5.41, 5.74) is 6.33. The fourth-order valence-electron chi connectivity index (χ4n) is 3.44. The van der Waals surface area contributed by atoms with Gasteiger partial charge in [-0.05, 0) is 32.0 Å². The van der Waals surface area contributed by atoms with E-state index in [0.29, 0.717) is 0 Å². The molecule has 3 aromatic heterocycles. The van der Waals surface area contributed by atoms with Gasteiger partial charge in [0, 0.05) is 5.56 Å². The summed E-state index contributed by atoms with van der Waals surface area (Å²) in [6.07, 6.45) is 1.20. The maximum atomic E-state index is 12.7. The van der Waals surface area contributed by atoms with Crippen molar-refractivity contribution < 1.29 is 36.3 Å². The molecule has 4 aromatic rings. The van der Waals surface area contributed by atoms with Gasteiger partial charge in [0.05, 0.1) is 28.9 Å². The molecular formula is C23H21N3O8S. The van der Waals surface area contributed by atoms with E-state index in [-0.39, 0.29) is 56.9 Å². The first-order chi connectivity index (χ1) is 16.7. The molecule has 0 aliphatic rings. The lowest BCUT2D eigenvalue weighted by molar-refractivity contribution is 0.0424. The van der Waals surface area contributed by atoms with Gasteiger partial charge < -0.3 is 24.0 Å². The smallest absolute Gasteiger partial charge is 0.374 e. The third kappa shape index (κ3) is 4.87. The van der Waals surface area contributed by atoms with Crippen LogP contribution in [0.4, 0.5) is 5.82 Å². The van der Waals surface area contributed by atoms with Crippen molar-refractivity contribution in [3.8, 4) is 0 Å². The number of ether oxygens (including phenoxy) is 2. The van der Waals surface area contributed by atoms with Crippen LogP contribution in [0.3, 0.4) is 0 Å². The fraction of sp³-hybridized carbons (Fsp3) is 0.217. The van der Waals surface area contributed by atoms with E-state index in [0.717, 1.165) is 0 Å². The quantitative estimate of drug-likeness (QED) is 0.354. The Labute approximate surface area is 199 Å². The molecule has 0 bridgehead atoms. The number of esters is 2. The Bertz CT molecular complexity index is 1510. The number of nitrogen functional groups attached to an aromatic ring is 1. The average molecular weight is 500 g/mol. The van der Waals surface area contributed by atoms with E-state index in [1.54, 1.807) is 32.0 Å². The van der Waals surface area contributed by atoms with Crippen LogP contribution in [-0.2, 0) is 31.7 Å². The van der Waals surface area contributed by atoms with Crippen molar-refractivity contribution >= 4 is 38.7 Å². The number of hydrogen-bond acceptors (Lipinski definition) is 11. The molecule has 0 radical (unpaired) electrons. The normalized spacial score (nSPS) is 11.5. The SMILES string of the molecule is CCOC(=O)c1c(C)oc2nc(COC(=O)c3occc3CS(=O)(=O)c3ccccc3)nc(N)c12. The molecule has 0 fully saturated rings. The van der Waals surface area contributed by atoms with E-state index < -0.39 is 34.1 Å². The van der Waals surface area contributed by atoms with Crippen LogP contribution in [0.1, 0.15) is 45.0 Å². The van der Waals surface area contributed by atoms with Gasteiger partial charge in [-0.15, -0.1) is 0 Å². The van der Waals surface area contributed by atoms with E-state index in [2.05, 4.69) is 9.97 Å². The van der Waals surface area contributed by atoms with Crippen molar-refractivity contribution in [2.75, 3.05) is 12.3 Å². The number of nitrogens with two attached hydrogens (primary N) is 1. The van der Waals surface area contributed by atoms with Crippen LogP contribution >= 0.6 is 0 Å². The second kappa shape index (κ2) is 9.58. The largest absolute Gasteiger partial charge is 0.462 e. The van der Waals surface area contributed by atoms with Crippen molar-refractivity contribution in [1.82, 2.24) is 9.97 Å². The van der Waals surface area contributed by atoms with E-state index in [1.165, 1.54) is 24.5 Å². The van der Waals surface area contributed by atoms with Gasteiger partial charge in [-0.25, -0.2) is 23.0 Å². The third-order valence-electron chi connectivity index (χ3n) is 4.99. The van der Waals surface area contributed by atoms with Crippen LogP contribution in [0.2, 0.25) is 0 Å². The number of carbonyl (C=O) groups is 2. The summed E-state index contributed by atoms with van der Waals surface area (Å²) >= 11 is 0. The van der Waals surface area contributed by atoms with Crippen LogP contribution in [0.15, 0.2) is 56.4 Å². The number of anilines is 1. The topological polar surface area (TPSA) is 165 Å². The highest BCUT2D eigenvalue weighted by atomic mass is 32.2. The minimum Gasteiger partial charge on any atom is -0.462 e. The fourth-order valence-corrected chi connectivity index (χ4v) is 4.81. The zero-order chi connectivity index (χ0) is 25.2. The lowest BCUT2D eigenvalue weighted by Crippen LogP contribution is -2.12. The van der Waals surface area contributed by atoms with Gasteiger partial charge in [0.2, 0.25) is 11.5 Å². The molecule has 0 aliphatic heterocycles. The second-order valence-corrected chi connectivity index (χ2v) is 9.37. The highest BCUT2D eigenvalue weighted by molar-refractivity contribution is 7.90. The Hall–Kier alpha value is -4.19. The number of carbonyl (C=O) groups excluding carboxylic acids is 2. The number of rotatable bonds is 8. The monoisotopic (exact) mass is 499 g/mol. The molecule has 0 aliphatic carbocycles. The summed E-state index contributed by atoms with van der Waals surface area (Å²) in [5.74, 6) is -2.00. The predicted octanol–water partition coefficient (Wildman–Crippen LogP) is 3.21. The molecule has 0 saturated carbocycles. The lowest BCUT2D eigenvalue weighted by atomic mass is 10.2. The summed E-state index contributed by atoms with van der Waals surface area (Å²) in [6.45, 7) is 3.00. The number of fused-ring (bicyclic) bond motifs is 1. The zero-order valence-electron chi connectivity index (χ0n) is 18.8. The maximum absolute atomic E-state index is 12.7. The van der Waals surface area contributed by atoms with Crippen LogP contribution in [0, 0.1) is 6.92 Å². The first-order valence-corrected chi connectivity index (χ1v) is 12.1. The Balaban J connectivity index is 1.51. The highest BCUT2D eigenvalue weighted by Crippen LogP contribution is 2.29. The molecule has 0 amide bonds. The third-order valence-corrected chi connectivity index (χ3v) is 6.68. The molecule has 35 heavy (non-hydrogen) atoms. The molecule has 3 heterocycles. The minimum absolute atomic E-state index is 0.0116. The summed E-state index contributed by atoms with van der Waals surface area (Å²) in [7, 11) is -3.71. The first-order valence-electron chi connectivity index (χ1n) is 10.4. The molecule has 0 unspecified atom stereocenters. The van der Waals surface area contributed by atoms with Gasteiger partial charge >= 0.3 is 11.9 Å². The average Bonchev–Trinajstić information content (AvgIpc) is 3.41. The van der Waals surface area contributed by atoms with Gasteiger partial charge in [-0.2, -0.15) is 4.98 Å². The first kappa shape index (κ1) is 24.0. The summed E-state index contributed by atoms with van der Waals surface area (Å²) in [4.78, 5) is 33.2. The summed E-state index contributed by atoms with van der Waals surface area (Å²) < 4.78 is 46.3. The molecule has 12 heteroatoms. The zero-order valence-corrected chi connectivity index (χ0v) is 19.6. The van der Waals surface area contributed by atoms with Crippen LogP contribution < -0.4 is 5.73 Å². The molecule has 0 atom stereocenters. The Morgan fingerprint density at radius 2 is 1.80 bits per heavy atom. The van der Waals surface area contributed by atoms with Gasteiger partial charge in [-0.1, -0.05) is 18.2 Å². The van der Waals surface area contributed by atoms with E-state index >= 15 is 0 Å². The standard InChI is InChI=1S/C23H21N3O8S/c1-3-31-22(27)17-13(2)34-21-18(17)20(24)25-16(26-21)11-33-23(28)19-14(9-10-32-19)12-35(29,30)15-7-5-4-6-8-15/h4-10H,3,11-12H2,1-2H3,(H2,24,25,26). The molecule has 11 nitrogen and oxygen atoms in total. The van der Waals surface area contributed by atoms with E-state index in [4.69, 9.17) is 24.0 Å². The number of nitrogens with zero attached hydrogens (tertiary/aromatic N) is 2. The maximum Gasteiger partial charge on any atom is 0.374 e. The lowest BCUT2D eigenvalue weighted by Gasteiger charge is -2.06. The van der Waals surface area contributed by atoms with Crippen LogP contribution in [-0.4, -0.2) is 36.9 Å².